The number of aromatic nitrogens is 1. The first-order valence-electron chi connectivity index (χ1n) is 9.49. The van der Waals surface area contributed by atoms with E-state index >= 15 is 0 Å². The second-order valence-corrected chi connectivity index (χ2v) is 8.95. The zero-order valence-corrected chi connectivity index (χ0v) is 18.4. The van der Waals surface area contributed by atoms with Gasteiger partial charge < -0.3 is 14.6 Å². The average Bonchev–Trinajstić information content (AvgIpc) is 3.10. The highest BCUT2D eigenvalue weighted by atomic mass is 35.5. The van der Waals surface area contributed by atoms with Crippen molar-refractivity contribution in [3.8, 4) is 0 Å². The number of hydrogen-bond donors (Lipinski definition) is 1. The van der Waals surface area contributed by atoms with Gasteiger partial charge >= 0.3 is 5.97 Å². The lowest BCUT2D eigenvalue weighted by atomic mass is 9.97. The third-order valence-corrected chi connectivity index (χ3v) is 6.87. The SMILES string of the molecule is CCOC(=O)[C@@H]1Cc2c([nH]c3ccccc23)CN1C(=S)SCc1ccc(Cl)cc1. The third-order valence-electron chi connectivity index (χ3n) is 5.07. The van der Waals surface area contributed by atoms with E-state index in [4.69, 9.17) is 28.6 Å². The summed E-state index contributed by atoms with van der Waals surface area (Å²) in [6.07, 6.45) is 0.583. The van der Waals surface area contributed by atoms with Gasteiger partial charge in [-0.1, -0.05) is 65.9 Å². The normalized spacial score (nSPS) is 15.9. The maximum atomic E-state index is 12.7. The van der Waals surface area contributed by atoms with Crippen LogP contribution < -0.4 is 0 Å². The number of aromatic amines is 1. The minimum atomic E-state index is -0.410. The van der Waals surface area contributed by atoms with Crippen molar-refractivity contribution in [2.75, 3.05) is 6.61 Å². The van der Waals surface area contributed by atoms with E-state index in [1.165, 1.54) is 5.56 Å². The first kappa shape index (κ1) is 20.3. The number of esters is 1. The fraction of sp³-hybridized carbons (Fsp3) is 0.273. The van der Waals surface area contributed by atoms with Crippen LogP contribution >= 0.6 is 35.6 Å². The summed E-state index contributed by atoms with van der Waals surface area (Å²) in [5.41, 5.74) is 4.51. The number of halogens is 1. The van der Waals surface area contributed by atoms with Crippen LogP contribution in [0.15, 0.2) is 48.5 Å². The van der Waals surface area contributed by atoms with E-state index in [2.05, 4.69) is 17.1 Å². The standard InChI is InChI=1S/C22H21ClN2O2S2/c1-2-27-21(26)20-11-17-16-5-3-4-6-18(16)24-19(17)12-25(20)22(28)29-13-14-7-9-15(23)10-8-14/h3-10,20,24H,2,11-13H2,1H3/t20-/m0/s1. The molecule has 7 heteroatoms. The lowest BCUT2D eigenvalue weighted by molar-refractivity contribution is -0.148. The van der Waals surface area contributed by atoms with Crippen LogP contribution in [0.25, 0.3) is 10.9 Å². The molecule has 0 radical (unpaired) electrons. The Morgan fingerprint density at radius 2 is 2.03 bits per heavy atom. The quantitative estimate of drug-likeness (QED) is 0.435. The molecule has 4 rings (SSSR count). The first-order chi connectivity index (χ1) is 14.1. The van der Waals surface area contributed by atoms with Crippen molar-refractivity contribution in [3.05, 3.63) is 70.4 Å². The van der Waals surface area contributed by atoms with Crippen molar-refractivity contribution in [3.63, 3.8) is 0 Å². The molecule has 150 valence electrons. The number of benzene rings is 2. The van der Waals surface area contributed by atoms with Gasteiger partial charge in [0.15, 0.2) is 0 Å². The second kappa shape index (κ2) is 8.78. The number of rotatable bonds is 4. The smallest absolute Gasteiger partial charge is 0.329 e. The molecule has 0 amide bonds. The van der Waals surface area contributed by atoms with Crippen LogP contribution in [0.4, 0.5) is 0 Å². The maximum Gasteiger partial charge on any atom is 0.329 e. The predicted octanol–water partition coefficient (Wildman–Crippen LogP) is 5.33. The number of ether oxygens (including phenoxy) is 1. The Morgan fingerprint density at radius 1 is 1.28 bits per heavy atom. The summed E-state index contributed by atoms with van der Waals surface area (Å²) in [6.45, 7) is 2.75. The van der Waals surface area contributed by atoms with Crippen molar-refractivity contribution in [2.24, 2.45) is 0 Å². The highest BCUT2D eigenvalue weighted by molar-refractivity contribution is 8.22. The van der Waals surface area contributed by atoms with Gasteiger partial charge in [-0.2, -0.15) is 0 Å². The molecule has 3 aromatic rings. The van der Waals surface area contributed by atoms with Crippen molar-refractivity contribution >= 4 is 56.8 Å². The van der Waals surface area contributed by atoms with Crippen LogP contribution in [0, 0.1) is 0 Å². The van der Waals surface area contributed by atoms with Gasteiger partial charge in [-0.05, 0) is 36.2 Å². The third kappa shape index (κ3) is 4.29. The minimum absolute atomic E-state index is 0.224. The van der Waals surface area contributed by atoms with Crippen molar-refractivity contribution in [1.29, 1.82) is 0 Å². The first-order valence-corrected chi connectivity index (χ1v) is 11.3. The number of nitrogens with one attached hydrogen (secondary N) is 1. The van der Waals surface area contributed by atoms with Gasteiger partial charge in [0.05, 0.1) is 13.2 Å². The Morgan fingerprint density at radius 3 is 2.79 bits per heavy atom. The number of hydrogen-bond acceptors (Lipinski definition) is 4. The molecule has 29 heavy (non-hydrogen) atoms. The van der Waals surface area contributed by atoms with E-state index in [0.717, 1.165) is 27.9 Å². The van der Waals surface area contributed by atoms with E-state index < -0.39 is 6.04 Å². The molecular formula is C22H21ClN2O2S2. The molecule has 1 aliphatic heterocycles. The Hall–Kier alpha value is -2.02. The van der Waals surface area contributed by atoms with E-state index in [0.29, 0.717) is 28.9 Å². The van der Waals surface area contributed by atoms with Gasteiger partial charge in [-0.3, -0.25) is 0 Å². The molecule has 0 unspecified atom stereocenters. The van der Waals surface area contributed by atoms with Gasteiger partial charge in [-0.15, -0.1) is 0 Å². The number of carbonyl (C=O) groups is 1. The summed E-state index contributed by atoms with van der Waals surface area (Å²) in [7, 11) is 0. The van der Waals surface area contributed by atoms with Gasteiger partial charge in [0.2, 0.25) is 0 Å². The van der Waals surface area contributed by atoms with Gasteiger partial charge in [0.1, 0.15) is 10.4 Å². The number of para-hydroxylation sites is 1. The molecule has 0 aliphatic carbocycles. The summed E-state index contributed by atoms with van der Waals surface area (Å²) in [6, 6.07) is 15.5. The highest BCUT2D eigenvalue weighted by Crippen LogP contribution is 2.33. The minimum Gasteiger partial charge on any atom is -0.464 e. The molecule has 2 aromatic carbocycles. The molecule has 0 spiro atoms. The average molecular weight is 445 g/mol. The van der Waals surface area contributed by atoms with E-state index in [-0.39, 0.29) is 5.97 Å². The van der Waals surface area contributed by atoms with Crippen LogP contribution in [0.2, 0.25) is 5.02 Å². The number of thioether (sulfide) groups is 1. The molecule has 1 aromatic heterocycles. The fourth-order valence-electron chi connectivity index (χ4n) is 3.66. The number of H-pyrrole nitrogens is 1. The van der Waals surface area contributed by atoms with Crippen LogP contribution in [0.3, 0.4) is 0 Å². The van der Waals surface area contributed by atoms with Gasteiger partial charge in [0, 0.05) is 33.8 Å². The molecule has 0 saturated carbocycles. The Kier molecular flexibility index (Phi) is 6.13. The molecule has 2 heterocycles. The number of carbonyl (C=O) groups excluding carboxylic acids is 1. The lowest BCUT2D eigenvalue weighted by Crippen LogP contribution is -2.48. The summed E-state index contributed by atoms with van der Waals surface area (Å²) in [5, 5.41) is 1.88. The van der Waals surface area contributed by atoms with Crippen LogP contribution in [0.5, 0.6) is 0 Å². The fourth-order valence-corrected chi connectivity index (χ4v) is 4.99. The van der Waals surface area contributed by atoms with E-state index in [1.54, 1.807) is 11.8 Å². The topological polar surface area (TPSA) is 45.3 Å². The van der Waals surface area contributed by atoms with Gasteiger partial charge in [-0.25, -0.2) is 4.79 Å². The number of nitrogens with zero attached hydrogens (tertiary/aromatic N) is 1. The predicted molar refractivity (Wildman–Crippen MR) is 123 cm³/mol. The van der Waals surface area contributed by atoms with Crippen LogP contribution in [-0.2, 0) is 28.2 Å². The summed E-state index contributed by atoms with van der Waals surface area (Å²) in [4.78, 5) is 18.2. The van der Waals surface area contributed by atoms with Crippen molar-refractivity contribution < 1.29 is 9.53 Å². The number of fused-ring (bicyclic) bond motifs is 3. The monoisotopic (exact) mass is 444 g/mol. The van der Waals surface area contributed by atoms with E-state index in [9.17, 15) is 4.79 Å². The summed E-state index contributed by atoms with van der Waals surface area (Å²) >= 11 is 13.3. The van der Waals surface area contributed by atoms with Crippen molar-refractivity contribution in [2.45, 2.75) is 31.7 Å². The molecule has 0 saturated heterocycles. The Labute approximate surface area is 184 Å². The number of thiocarbonyl (C=S) groups is 1. The molecule has 4 nitrogen and oxygen atoms in total. The summed E-state index contributed by atoms with van der Waals surface area (Å²) < 4.78 is 6.06. The van der Waals surface area contributed by atoms with Crippen LogP contribution in [0.1, 0.15) is 23.7 Å². The zero-order valence-electron chi connectivity index (χ0n) is 16.0. The molecule has 1 atom stereocenters. The molecule has 0 fully saturated rings. The molecular weight excluding hydrogens is 424 g/mol. The van der Waals surface area contributed by atoms with Crippen LogP contribution in [-0.4, -0.2) is 32.8 Å². The lowest BCUT2D eigenvalue weighted by Gasteiger charge is -2.35. The van der Waals surface area contributed by atoms with E-state index in [1.807, 2.05) is 48.2 Å². The maximum absolute atomic E-state index is 12.7. The summed E-state index contributed by atoms with van der Waals surface area (Å²) in [5.74, 6) is 0.500. The molecule has 1 aliphatic rings. The second-order valence-electron chi connectivity index (χ2n) is 6.91. The van der Waals surface area contributed by atoms with Gasteiger partial charge in [0.25, 0.3) is 0 Å². The Bertz CT molecular complexity index is 1050. The Balaban J connectivity index is 1.58. The highest BCUT2D eigenvalue weighted by Gasteiger charge is 2.36. The zero-order chi connectivity index (χ0) is 20.4. The van der Waals surface area contributed by atoms with Crippen molar-refractivity contribution in [1.82, 2.24) is 9.88 Å². The molecule has 0 bridgehead atoms. The molecule has 1 N–H and O–H groups in total. The largest absolute Gasteiger partial charge is 0.464 e.